The first-order valence-corrected chi connectivity index (χ1v) is 9.71. The zero-order valence-electron chi connectivity index (χ0n) is 16.3. The van der Waals surface area contributed by atoms with Crippen molar-refractivity contribution in [3.8, 4) is 23.0 Å². The van der Waals surface area contributed by atoms with E-state index in [0.29, 0.717) is 46.4 Å². The summed E-state index contributed by atoms with van der Waals surface area (Å²) in [6.45, 7) is 2.42. The molecule has 1 unspecified atom stereocenters. The molecule has 0 aliphatic carbocycles. The molecule has 1 amide bonds. The minimum absolute atomic E-state index is 0.00484. The van der Waals surface area contributed by atoms with Crippen molar-refractivity contribution in [1.29, 1.82) is 0 Å². The van der Waals surface area contributed by atoms with Gasteiger partial charge >= 0.3 is 0 Å². The Kier molecular flexibility index (Phi) is 4.35. The maximum atomic E-state index is 13.5. The predicted molar refractivity (Wildman–Crippen MR) is 111 cm³/mol. The Bertz CT molecular complexity index is 1130. The van der Waals surface area contributed by atoms with E-state index in [1.165, 1.54) is 0 Å². The third-order valence-corrected chi connectivity index (χ3v) is 5.19. The lowest BCUT2D eigenvalue weighted by atomic mass is 10.0. The summed E-state index contributed by atoms with van der Waals surface area (Å²) in [5, 5.41) is 14.3. The predicted octanol–water partition coefficient (Wildman–Crippen LogP) is 4.29. The van der Waals surface area contributed by atoms with Crippen LogP contribution >= 0.6 is 0 Å². The highest BCUT2D eigenvalue weighted by Gasteiger charge is 2.36. The van der Waals surface area contributed by atoms with Crippen LogP contribution in [0.2, 0.25) is 0 Å². The van der Waals surface area contributed by atoms with E-state index in [0.717, 1.165) is 0 Å². The molecule has 3 aromatic rings. The SMILES string of the molecule is CCOc1cccc(C2Nc3ccccc3C(=O)N2c2ccc3c(c2)OCO3)c1O. The molecule has 2 aliphatic heterocycles. The number of phenolic OH excluding ortho intramolecular Hbond substituents is 1. The lowest BCUT2D eigenvalue weighted by Gasteiger charge is -2.38. The van der Waals surface area contributed by atoms with Crippen molar-refractivity contribution in [2.24, 2.45) is 0 Å². The molecule has 7 nitrogen and oxygen atoms in total. The number of carbonyl (C=O) groups excluding carboxylic acids is 1. The molecule has 0 saturated heterocycles. The summed E-state index contributed by atoms with van der Waals surface area (Å²) in [5.41, 5.74) is 2.40. The summed E-state index contributed by atoms with van der Waals surface area (Å²) in [5.74, 6) is 1.39. The van der Waals surface area contributed by atoms with Crippen molar-refractivity contribution >= 4 is 17.3 Å². The lowest BCUT2D eigenvalue weighted by Crippen LogP contribution is -2.43. The quantitative estimate of drug-likeness (QED) is 0.675. The molecule has 2 aliphatic rings. The van der Waals surface area contributed by atoms with Gasteiger partial charge in [0.05, 0.1) is 17.9 Å². The van der Waals surface area contributed by atoms with Crippen molar-refractivity contribution in [2.75, 3.05) is 23.6 Å². The van der Waals surface area contributed by atoms with Gasteiger partial charge in [0.15, 0.2) is 23.0 Å². The summed E-state index contributed by atoms with van der Waals surface area (Å²) in [6.07, 6.45) is -0.645. The van der Waals surface area contributed by atoms with Crippen molar-refractivity contribution in [3.05, 3.63) is 71.8 Å². The molecule has 2 heterocycles. The minimum Gasteiger partial charge on any atom is -0.504 e. The molecule has 0 spiro atoms. The second-order valence-corrected chi connectivity index (χ2v) is 6.93. The summed E-state index contributed by atoms with van der Waals surface area (Å²) in [7, 11) is 0. The largest absolute Gasteiger partial charge is 0.504 e. The molecule has 3 aromatic carbocycles. The first kappa shape index (κ1) is 18.2. The molecule has 1 atom stereocenters. The average Bonchev–Trinajstić information content (AvgIpc) is 3.23. The molecule has 0 radical (unpaired) electrons. The van der Waals surface area contributed by atoms with E-state index >= 15 is 0 Å². The van der Waals surface area contributed by atoms with Crippen LogP contribution in [0.15, 0.2) is 60.7 Å². The first-order chi connectivity index (χ1) is 14.7. The Hall–Kier alpha value is -3.87. The van der Waals surface area contributed by atoms with E-state index in [-0.39, 0.29) is 18.4 Å². The third-order valence-electron chi connectivity index (χ3n) is 5.19. The lowest BCUT2D eigenvalue weighted by molar-refractivity contribution is 0.0974. The molecular formula is C23H20N2O5. The number of rotatable bonds is 4. The highest BCUT2D eigenvalue weighted by Crippen LogP contribution is 2.44. The van der Waals surface area contributed by atoms with Gasteiger partial charge in [-0.25, -0.2) is 0 Å². The number of fused-ring (bicyclic) bond motifs is 2. The van der Waals surface area contributed by atoms with Crippen LogP contribution in [0.1, 0.15) is 29.0 Å². The molecule has 2 N–H and O–H groups in total. The van der Waals surface area contributed by atoms with Gasteiger partial charge in [-0.05, 0) is 37.3 Å². The number of para-hydroxylation sites is 2. The number of carbonyl (C=O) groups is 1. The van der Waals surface area contributed by atoms with Crippen LogP contribution in [0, 0.1) is 0 Å². The van der Waals surface area contributed by atoms with Crippen LogP contribution < -0.4 is 24.4 Å². The van der Waals surface area contributed by atoms with Crippen molar-refractivity contribution in [3.63, 3.8) is 0 Å². The Morgan fingerprint density at radius 2 is 1.93 bits per heavy atom. The van der Waals surface area contributed by atoms with Crippen molar-refractivity contribution < 1.29 is 24.1 Å². The number of benzene rings is 3. The monoisotopic (exact) mass is 404 g/mol. The second-order valence-electron chi connectivity index (χ2n) is 6.93. The number of nitrogens with one attached hydrogen (secondary N) is 1. The fraction of sp³-hybridized carbons (Fsp3) is 0.174. The third kappa shape index (κ3) is 2.86. The van der Waals surface area contributed by atoms with E-state index in [1.54, 1.807) is 47.4 Å². The van der Waals surface area contributed by atoms with E-state index in [1.807, 2.05) is 25.1 Å². The summed E-state index contributed by atoms with van der Waals surface area (Å²) in [4.78, 5) is 15.1. The average molecular weight is 404 g/mol. The smallest absolute Gasteiger partial charge is 0.262 e. The maximum Gasteiger partial charge on any atom is 0.262 e. The van der Waals surface area contributed by atoms with Gasteiger partial charge in [0.1, 0.15) is 6.17 Å². The molecule has 152 valence electrons. The fourth-order valence-electron chi connectivity index (χ4n) is 3.80. The van der Waals surface area contributed by atoms with E-state index in [4.69, 9.17) is 14.2 Å². The number of aromatic hydroxyl groups is 1. The van der Waals surface area contributed by atoms with Gasteiger partial charge in [0.25, 0.3) is 5.91 Å². The molecule has 7 heteroatoms. The number of ether oxygens (including phenoxy) is 3. The number of nitrogens with zero attached hydrogens (tertiary/aromatic N) is 1. The molecular weight excluding hydrogens is 384 g/mol. The van der Waals surface area contributed by atoms with Crippen LogP contribution in [0.25, 0.3) is 0 Å². The minimum atomic E-state index is -0.645. The number of anilines is 2. The summed E-state index contributed by atoms with van der Waals surface area (Å²) < 4.78 is 16.4. The maximum absolute atomic E-state index is 13.5. The zero-order chi connectivity index (χ0) is 20.7. The van der Waals surface area contributed by atoms with Crippen LogP contribution in [0.4, 0.5) is 11.4 Å². The normalized spacial score (nSPS) is 16.8. The van der Waals surface area contributed by atoms with Crippen molar-refractivity contribution in [1.82, 2.24) is 0 Å². The molecule has 0 fully saturated rings. The van der Waals surface area contributed by atoms with E-state index in [2.05, 4.69) is 5.32 Å². The Morgan fingerprint density at radius 3 is 2.80 bits per heavy atom. The molecule has 5 rings (SSSR count). The first-order valence-electron chi connectivity index (χ1n) is 9.71. The summed E-state index contributed by atoms with van der Waals surface area (Å²) in [6, 6.07) is 17.9. The Labute approximate surface area is 173 Å². The molecule has 0 aromatic heterocycles. The zero-order valence-corrected chi connectivity index (χ0v) is 16.3. The van der Waals surface area contributed by atoms with Gasteiger partial charge in [0.2, 0.25) is 6.79 Å². The number of hydrogen-bond acceptors (Lipinski definition) is 6. The van der Waals surface area contributed by atoms with E-state index in [9.17, 15) is 9.90 Å². The standard InChI is InChI=1S/C23H20N2O5/c1-2-28-19-9-5-7-16(21(19)26)22-24-17-8-4-3-6-15(17)23(27)25(22)14-10-11-18-20(12-14)30-13-29-18/h3-12,22,24,26H,2,13H2,1H3. The van der Waals surface area contributed by atoms with Crippen LogP contribution in [-0.4, -0.2) is 24.4 Å². The topological polar surface area (TPSA) is 80.3 Å². The van der Waals surface area contributed by atoms with Gasteiger partial charge in [-0.3, -0.25) is 9.69 Å². The number of hydrogen-bond donors (Lipinski definition) is 2. The van der Waals surface area contributed by atoms with Crippen LogP contribution in [-0.2, 0) is 0 Å². The van der Waals surface area contributed by atoms with Gasteiger partial charge in [-0.1, -0.05) is 24.3 Å². The van der Waals surface area contributed by atoms with Crippen LogP contribution in [0.3, 0.4) is 0 Å². The van der Waals surface area contributed by atoms with Gasteiger partial charge < -0.3 is 24.6 Å². The highest BCUT2D eigenvalue weighted by molar-refractivity contribution is 6.12. The van der Waals surface area contributed by atoms with Gasteiger partial charge in [0, 0.05) is 17.3 Å². The van der Waals surface area contributed by atoms with Crippen molar-refractivity contribution in [2.45, 2.75) is 13.1 Å². The Morgan fingerprint density at radius 1 is 1.10 bits per heavy atom. The van der Waals surface area contributed by atoms with Gasteiger partial charge in [-0.2, -0.15) is 0 Å². The van der Waals surface area contributed by atoms with Crippen LogP contribution in [0.5, 0.6) is 23.0 Å². The number of phenols is 1. The summed E-state index contributed by atoms with van der Waals surface area (Å²) >= 11 is 0. The van der Waals surface area contributed by atoms with Gasteiger partial charge in [-0.15, -0.1) is 0 Å². The molecule has 0 bridgehead atoms. The highest BCUT2D eigenvalue weighted by atomic mass is 16.7. The molecule has 30 heavy (non-hydrogen) atoms. The molecule has 0 saturated carbocycles. The Balaban J connectivity index is 1.66. The van der Waals surface area contributed by atoms with E-state index < -0.39 is 6.17 Å². The number of amides is 1. The fourth-order valence-corrected chi connectivity index (χ4v) is 3.80. The second kappa shape index (κ2) is 7.18.